The second kappa shape index (κ2) is 9.19. The average Bonchev–Trinajstić information content (AvgIpc) is 3.55. The lowest BCUT2D eigenvalue weighted by Crippen LogP contribution is -2.32. The maximum Gasteiger partial charge on any atom is 0.265 e. The first-order valence-corrected chi connectivity index (χ1v) is 12.1. The number of fused-ring (bicyclic) bond motifs is 1. The second-order valence-corrected chi connectivity index (χ2v) is 9.58. The van der Waals surface area contributed by atoms with Gasteiger partial charge < -0.3 is 10.6 Å². The number of hydrogen-bond acceptors (Lipinski definition) is 4. The summed E-state index contributed by atoms with van der Waals surface area (Å²) in [4.78, 5) is 26.9. The Kier molecular flexibility index (Phi) is 5.96. The van der Waals surface area contributed by atoms with E-state index in [9.17, 15) is 9.59 Å². The van der Waals surface area contributed by atoms with Crippen LogP contribution in [0.3, 0.4) is 0 Å². The highest BCUT2D eigenvalue weighted by atomic mass is 32.1. The Balaban J connectivity index is 1.28. The monoisotopic (exact) mass is 458 g/mol. The highest BCUT2D eigenvalue weighted by Gasteiger charge is 2.19. The number of carbonyl (C=O) groups excluding carboxylic acids is 2. The first-order valence-electron chi connectivity index (χ1n) is 11.3. The molecule has 2 N–H and O–H groups in total. The average molecular weight is 459 g/mol. The zero-order valence-electron chi connectivity index (χ0n) is 18.5. The van der Waals surface area contributed by atoms with Crippen molar-refractivity contribution in [2.45, 2.75) is 45.2 Å². The largest absolute Gasteiger partial charge is 0.349 e. The molecule has 0 unspecified atom stereocenters. The molecule has 33 heavy (non-hydrogen) atoms. The minimum Gasteiger partial charge on any atom is -0.349 e. The number of nitrogens with zero attached hydrogens (tertiary/aromatic N) is 2. The van der Waals surface area contributed by atoms with E-state index < -0.39 is 0 Å². The molecule has 168 valence electrons. The van der Waals surface area contributed by atoms with Crippen LogP contribution in [-0.2, 0) is 6.54 Å². The molecule has 1 fully saturated rings. The van der Waals surface area contributed by atoms with Crippen molar-refractivity contribution in [3.05, 3.63) is 82.4 Å². The van der Waals surface area contributed by atoms with Crippen molar-refractivity contribution in [3.8, 4) is 0 Å². The van der Waals surface area contributed by atoms with E-state index in [1.165, 1.54) is 29.7 Å². The number of rotatable bonds is 6. The van der Waals surface area contributed by atoms with Crippen molar-refractivity contribution in [1.82, 2.24) is 15.1 Å². The van der Waals surface area contributed by atoms with E-state index in [2.05, 4.69) is 27.9 Å². The second-order valence-electron chi connectivity index (χ2n) is 8.54. The summed E-state index contributed by atoms with van der Waals surface area (Å²) in [7, 11) is 0. The van der Waals surface area contributed by atoms with Gasteiger partial charge in [0.1, 0.15) is 4.83 Å². The van der Waals surface area contributed by atoms with E-state index in [0.29, 0.717) is 22.7 Å². The number of aromatic nitrogens is 2. The number of aryl methyl sites for hydroxylation is 1. The smallest absolute Gasteiger partial charge is 0.265 e. The molecule has 7 heteroatoms. The number of amides is 2. The molecule has 1 aliphatic rings. The summed E-state index contributed by atoms with van der Waals surface area (Å²) >= 11 is 1.44. The van der Waals surface area contributed by atoms with Crippen LogP contribution in [0, 0.1) is 6.92 Å². The Morgan fingerprint density at radius 3 is 2.48 bits per heavy atom. The predicted molar refractivity (Wildman–Crippen MR) is 132 cm³/mol. The first-order chi connectivity index (χ1) is 16.1. The zero-order chi connectivity index (χ0) is 22.8. The molecule has 5 rings (SSSR count). The summed E-state index contributed by atoms with van der Waals surface area (Å²) in [5.74, 6) is -0.215. The van der Waals surface area contributed by atoms with Crippen LogP contribution in [0.25, 0.3) is 10.2 Å². The van der Waals surface area contributed by atoms with Gasteiger partial charge in [-0.2, -0.15) is 5.10 Å². The van der Waals surface area contributed by atoms with Crippen molar-refractivity contribution in [2.24, 2.45) is 0 Å². The molecule has 0 saturated heterocycles. The molecule has 6 nitrogen and oxygen atoms in total. The summed E-state index contributed by atoms with van der Waals surface area (Å²) in [6, 6.07) is 19.4. The Morgan fingerprint density at radius 2 is 1.76 bits per heavy atom. The van der Waals surface area contributed by atoms with Crippen LogP contribution in [-0.4, -0.2) is 27.6 Å². The van der Waals surface area contributed by atoms with Crippen LogP contribution in [0.4, 0.5) is 5.69 Å². The Morgan fingerprint density at radius 1 is 1.03 bits per heavy atom. The van der Waals surface area contributed by atoms with E-state index in [1.807, 2.05) is 35.9 Å². The van der Waals surface area contributed by atoms with Crippen molar-refractivity contribution < 1.29 is 9.59 Å². The molecule has 2 aromatic carbocycles. The summed E-state index contributed by atoms with van der Waals surface area (Å²) < 4.78 is 1.96. The normalized spacial score (nSPS) is 14.0. The van der Waals surface area contributed by atoms with Gasteiger partial charge >= 0.3 is 0 Å². The van der Waals surface area contributed by atoms with Gasteiger partial charge in [-0.25, -0.2) is 0 Å². The standard InChI is InChI=1S/C26H26N4O2S/c1-17-22-15-23(33-26(22)30(29-17)16-18-7-3-2-4-8-18)25(32)28-21-13-11-19(12-14-21)24(31)27-20-9-5-6-10-20/h2-4,7-8,11-15,20H,5-6,9-10,16H2,1H3,(H,27,31)(H,28,32). The SMILES string of the molecule is Cc1nn(Cc2ccccc2)c2sc(C(=O)Nc3ccc(C(=O)NC4CCCC4)cc3)cc12. The van der Waals surface area contributed by atoms with Gasteiger partial charge in [0.05, 0.1) is 17.1 Å². The fourth-order valence-electron chi connectivity index (χ4n) is 4.32. The number of nitrogens with one attached hydrogen (secondary N) is 2. The molecular weight excluding hydrogens is 432 g/mol. The number of benzene rings is 2. The molecule has 2 aromatic heterocycles. The quantitative estimate of drug-likeness (QED) is 0.407. The third-order valence-electron chi connectivity index (χ3n) is 6.10. The summed E-state index contributed by atoms with van der Waals surface area (Å²) in [6.45, 7) is 2.63. The maximum atomic E-state index is 12.9. The molecular formula is C26H26N4O2S. The number of hydrogen-bond donors (Lipinski definition) is 2. The first kappa shape index (κ1) is 21.4. The number of thiophene rings is 1. The van der Waals surface area contributed by atoms with Crippen LogP contribution in [0.15, 0.2) is 60.7 Å². The fraction of sp³-hybridized carbons (Fsp3) is 0.269. The third-order valence-corrected chi connectivity index (χ3v) is 7.25. The highest BCUT2D eigenvalue weighted by molar-refractivity contribution is 7.20. The molecule has 1 saturated carbocycles. The third kappa shape index (κ3) is 4.68. The highest BCUT2D eigenvalue weighted by Crippen LogP contribution is 2.29. The van der Waals surface area contributed by atoms with Gasteiger partial charge in [-0.15, -0.1) is 11.3 Å². The van der Waals surface area contributed by atoms with E-state index in [1.54, 1.807) is 24.3 Å². The molecule has 4 aromatic rings. The van der Waals surface area contributed by atoms with Gasteiger partial charge in [-0.1, -0.05) is 43.2 Å². The van der Waals surface area contributed by atoms with Gasteiger partial charge in [0.15, 0.2) is 0 Å². The Labute approximate surface area is 196 Å². The zero-order valence-corrected chi connectivity index (χ0v) is 19.3. The molecule has 1 aliphatic carbocycles. The summed E-state index contributed by atoms with van der Waals surface area (Å²) in [5.41, 5.74) is 3.35. The van der Waals surface area contributed by atoms with E-state index in [4.69, 9.17) is 0 Å². The molecule has 2 heterocycles. The molecule has 0 atom stereocenters. The lowest BCUT2D eigenvalue weighted by Gasteiger charge is -2.12. The van der Waals surface area contributed by atoms with Crippen molar-refractivity contribution in [3.63, 3.8) is 0 Å². The van der Waals surface area contributed by atoms with Crippen molar-refractivity contribution in [1.29, 1.82) is 0 Å². The van der Waals surface area contributed by atoms with Crippen molar-refractivity contribution in [2.75, 3.05) is 5.32 Å². The Hall–Kier alpha value is -3.45. The number of anilines is 1. The van der Waals surface area contributed by atoms with Crippen LogP contribution >= 0.6 is 11.3 Å². The molecule has 0 bridgehead atoms. The lowest BCUT2D eigenvalue weighted by atomic mass is 10.1. The van der Waals surface area contributed by atoms with Crippen LogP contribution in [0.2, 0.25) is 0 Å². The topological polar surface area (TPSA) is 76.0 Å². The summed E-state index contributed by atoms with van der Waals surface area (Å²) in [6.07, 6.45) is 4.46. The number of carbonyl (C=O) groups is 2. The van der Waals surface area contributed by atoms with Gasteiger partial charge in [-0.05, 0) is 55.7 Å². The predicted octanol–water partition coefficient (Wildman–Crippen LogP) is 5.38. The Bertz CT molecular complexity index is 1290. The van der Waals surface area contributed by atoms with Crippen LogP contribution < -0.4 is 10.6 Å². The van der Waals surface area contributed by atoms with Crippen LogP contribution in [0.1, 0.15) is 57.0 Å². The molecule has 2 amide bonds. The van der Waals surface area contributed by atoms with Gasteiger partial charge in [0.25, 0.3) is 11.8 Å². The summed E-state index contributed by atoms with van der Waals surface area (Å²) in [5, 5.41) is 11.7. The van der Waals surface area contributed by atoms with E-state index in [-0.39, 0.29) is 17.9 Å². The molecule has 0 radical (unpaired) electrons. The fourth-order valence-corrected chi connectivity index (χ4v) is 5.38. The van der Waals surface area contributed by atoms with Crippen molar-refractivity contribution >= 4 is 39.1 Å². The lowest BCUT2D eigenvalue weighted by molar-refractivity contribution is 0.0937. The minimum atomic E-state index is -0.162. The maximum absolute atomic E-state index is 12.9. The van der Waals surface area contributed by atoms with E-state index in [0.717, 1.165) is 28.8 Å². The minimum absolute atomic E-state index is 0.0530. The molecule has 0 aliphatic heterocycles. The molecule has 0 spiro atoms. The van der Waals surface area contributed by atoms with E-state index >= 15 is 0 Å². The van der Waals surface area contributed by atoms with Gasteiger partial charge in [0, 0.05) is 22.7 Å². The van der Waals surface area contributed by atoms with Crippen LogP contribution in [0.5, 0.6) is 0 Å². The van der Waals surface area contributed by atoms with Gasteiger partial charge in [-0.3, -0.25) is 14.3 Å². The van der Waals surface area contributed by atoms with Gasteiger partial charge in [0.2, 0.25) is 0 Å².